The zero-order chi connectivity index (χ0) is 13.3. The number of aromatic hydroxyl groups is 1. The third kappa shape index (κ3) is 3.52. The van der Waals surface area contributed by atoms with E-state index in [1.807, 2.05) is 17.9 Å². The Balaban J connectivity index is 0.00000180. The molecule has 1 heterocycles. The van der Waals surface area contributed by atoms with Crippen LogP contribution < -0.4 is 0 Å². The number of phenolic OH excluding ortho intramolecular Hbond substituents is 1. The molecule has 97 valence electrons. The van der Waals surface area contributed by atoms with Crippen LogP contribution in [-0.2, 0) is 32.7 Å². The van der Waals surface area contributed by atoms with Gasteiger partial charge in [-0.1, -0.05) is 33.9 Å². The van der Waals surface area contributed by atoms with E-state index in [9.17, 15) is 5.11 Å². The third-order valence-electron chi connectivity index (χ3n) is 2.73. The predicted octanol–water partition coefficient (Wildman–Crippen LogP) is 4.32. The maximum atomic E-state index is 9.39. The van der Waals surface area contributed by atoms with Crippen LogP contribution in [-0.4, -0.2) is 16.6 Å². The molecular weight excluding hydrogens is 402 g/mol. The molecule has 1 aromatic carbocycles. The van der Waals surface area contributed by atoms with Gasteiger partial charge in [-0.05, 0) is 29.8 Å². The van der Waals surface area contributed by atoms with Crippen molar-refractivity contribution in [2.75, 3.05) is 6.54 Å². The standard InChI is InChI=1S/C14H12BrClNO.Y/c1-3-17-9(2)12(15)6-7-14(17)11-5-4-10(18)8-13(11)16;/h4-6,8,18H,2-3H2,1H3;/q-1;. The molecule has 0 atom stereocenters. The van der Waals surface area contributed by atoms with Crippen molar-refractivity contribution in [2.24, 2.45) is 0 Å². The number of hydrogen-bond donors (Lipinski definition) is 1. The molecule has 0 fully saturated rings. The van der Waals surface area contributed by atoms with Crippen molar-refractivity contribution in [1.29, 1.82) is 0 Å². The molecule has 2 nitrogen and oxygen atoms in total. The monoisotopic (exact) mass is 413 g/mol. The van der Waals surface area contributed by atoms with Gasteiger partial charge in [0.05, 0.1) is 0 Å². The first-order valence-electron chi connectivity index (χ1n) is 5.49. The Hall–Kier alpha value is -0.0861. The molecule has 0 amide bonds. The van der Waals surface area contributed by atoms with Crippen LogP contribution in [0.2, 0.25) is 5.02 Å². The van der Waals surface area contributed by atoms with Gasteiger partial charge in [0.1, 0.15) is 5.75 Å². The van der Waals surface area contributed by atoms with E-state index < -0.39 is 0 Å². The smallest absolute Gasteiger partial charge is 0.114 e. The molecule has 1 N–H and O–H groups in total. The minimum atomic E-state index is 0. The number of rotatable bonds is 2. The van der Waals surface area contributed by atoms with Gasteiger partial charge < -0.3 is 10.0 Å². The van der Waals surface area contributed by atoms with Crippen LogP contribution in [0.25, 0.3) is 5.70 Å². The predicted molar refractivity (Wildman–Crippen MR) is 78.3 cm³/mol. The van der Waals surface area contributed by atoms with Gasteiger partial charge in [-0.15, -0.1) is 22.0 Å². The van der Waals surface area contributed by atoms with Crippen LogP contribution in [0.5, 0.6) is 5.75 Å². The molecule has 0 saturated carbocycles. The molecule has 19 heavy (non-hydrogen) atoms. The molecule has 0 saturated heterocycles. The Morgan fingerprint density at radius 1 is 1.47 bits per heavy atom. The molecule has 0 unspecified atom stereocenters. The molecule has 0 aromatic heterocycles. The summed E-state index contributed by atoms with van der Waals surface area (Å²) in [5, 5.41) is 9.88. The van der Waals surface area contributed by atoms with E-state index in [2.05, 4.69) is 28.6 Å². The largest absolute Gasteiger partial charge is 0.508 e. The number of allylic oxidation sites excluding steroid dienone is 3. The first kappa shape index (κ1) is 17.0. The summed E-state index contributed by atoms with van der Waals surface area (Å²) in [6.45, 7) is 6.83. The van der Waals surface area contributed by atoms with Crippen LogP contribution in [0.3, 0.4) is 0 Å². The summed E-state index contributed by atoms with van der Waals surface area (Å²) < 4.78 is 0.906. The molecule has 0 bridgehead atoms. The fourth-order valence-electron chi connectivity index (χ4n) is 1.83. The first-order valence-corrected chi connectivity index (χ1v) is 6.66. The summed E-state index contributed by atoms with van der Waals surface area (Å²) in [5.41, 5.74) is 2.56. The average Bonchev–Trinajstić information content (AvgIpc) is 2.33. The molecule has 1 aliphatic heterocycles. The van der Waals surface area contributed by atoms with Crippen molar-refractivity contribution in [3.63, 3.8) is 0 Å². The van der Waals surface area contributed by atoms with E-state index in [1.54, 1.807) is 12.1 Å². The summed E-state index contributed by atoms with van der Waals surface area (Å²) in [5.74, 6) is 0.152. The van der Waals surface area contributed by atoms with Crippen LogP contribution in [0.15, 0.2) is 41.0 Å². The molecular formula is C14H12BrClNOY-. The maximum absolute atomic E-state index is 9.39. The van der Waals surface area contributed by atoms with E-state index in [1.165, 1.54) is 6.07 Å². The Morgan fingerprint density at radius 2 is 2.16 bits per heavy atom. The van der Waals surface area contributed by atoms with Crippen molar-refractivity contribution in [3.05, 3.63) is 57.7 Å². The Morgan fingerprint density at radius 3 is 2.74 bits per heavy atom. The zero-order valence-electron chi connectivity index (χ0n) is 10.5. The Kier molecular flexibility index (Phi) is 6.32. The normalized spacial score (nSPS) is 14.7. The van der Waals surface area contributed by atoms with E-state index in [0.717, 1.165) is 28.0 Å². The summed E-state index contributed by atoms with van der Waals surface area (Å²) in [4.78, 5) is 2.02. The van der Waals surface area contributed by atoms with Crippen molar-refractivity contribution >= 4 is 33.2 Å². The van der Waals surface area contributed by atoms with E-state index in [-0.39, 0.29) is 38.5 Å². The molecule has 1 radical (unpaired) electrons. The summed E-state index contributed by atoms with van der Waals surface area (Å²) in [6.07, 6.45) is 5.01. The number of halogens is 2. The number of nitrogens with zero attached hydrogens (tertiary/aromatic N) is 1. The SMILES string of the molecule is C=C1C(Br)=C[C-]=C(c2ccc(O)cc2Cl)N1CC.[Y]. The van der Waals surface area contributed by atoms with Gasteiger partial charge in [-0.25, -0.2) is 0 Å². The number of hydrogen-bond acceptors (Lipinski definition) is 2. The van der Waals surface area contributed by atoms with Crippen molar-refractivity contribution in [2.45, 2.75) is 6.92 Å². The van der Waals surface area contributed by atoms with E-state index in [0.29, 0.717) is 5.02 Å². The maximum Gasteiger partial charge on any atom is 0.114 e. The van der Waals surface area contributed by atoms with Crippen LogP contribution in [0, 0.1) is 6.08 Å². The minimum absolute atomic E-state index is 0. The van der Waals surface area contributed by atoms with Crippen molar-refractivity contribution in [1.82, 2.24) is 4.90 Å². The van der Waals surface area contributed by atoms with Gasteiger partial charge >= 0.3 is 0 Å². The van der Waals surface area contributed by atoms with E-state index >= 15 is 0 Å². The molecule has 1 aliphatic rings. The second-order valence-electron chi connectivity index (χ2n) is 3.84. The fraction of sp³-hybridized carbons (Fsp3) is 0.143. The molecule has 1 aromatic rings. The van der Waals surface area contributed by atoms with Crippen LogP contribution in [0.1, 0.15) is 12.5 Å². The fourth-order valence-corrected chi connectivity index (χ4v) is 2.42. The summed E-state index contributed by atoms with van der Waals surface area (Å²) in [7, 11) is 0. The topological polar surface area (TPSA) is 23.5 Å². The Labute approximate surface area is 151 Å². The summed E-state index contributed by atoms with van der Waals surface area (Å²) in [6, 6.07) is 4.92. The van der Waals surface area contributed by atoms with Gasteiger partial charge in [0.25, 0.3) is 0 Å². The molecule has 5 heteroatoms. The van der Waals surface area contributed by atoms with Gasteiger partial charge in [-0.2, -0.15) is 12.2 Å². The average molecular weight is 415 g/mol. The third-order valence-corrected chi connectivity index (χ3v) is 3.73. The number of likely N-dealkylation sites (N-methyl/N-ethyl adjacent to an activating group) is 1. The zero-order valence-corrected chi connectivity index (χ0v) is 15.6. The van der Waals surface area contributed by atoms with Gasteiger partial charge in [0.2, 0.25) is 0 Å². The van der Waals surface area contributed by atoms with Crippen LogP contribution >= 0.6 is 27.5 Å². The van der Waals surface area contributed by atoms with Gasteiger partial charge in [0.15, 0.2) is 0 Å². The quantitative estimate of drug-likeness (QED) is 0.729. The van der Waals surface area contributed by atoms with Gasteiger partial charge in [-0.3, -0.25) is 0 Å². The Bertz CT molecular complexity index is 569. The second-order valence-corrected chi connectivity index (χ2v) is 5.10. The first-order chi connectivity index (χ1) is 8.54. The number of phenols is 1. The van der Waals surface area contributed by atoms with E-state index in [4.69, 9.17) is 11.6 Å². The minimum Gasteiger partial charge on any atom is -0.508 e. The summed E-state index contributed by atoms with van der Waals surface area (Å²) >= 11 is 9.60. The molecule has 0 aliphatic carbocycles. The molecule has 2 rings (SSSR count). The van der Waals surface area contributed by atoms with Crippen molar-refractivity contribution < 1.29 is 37.8 Å². The number of benzene rings is 1. The van der Waals surface area contributed by atoms with Crippen LogP contribution in [0.4, 0.5) is 0 Å². The molecule has 0 spiro atoms. The van der Waals surface area contributed by atoms with Crippen molar-refractivity contribution in [3.8, 4) is 5.75 Å². The van der Waals surface area contributed by atoms with Gasteiger partial charge in [0, 0.05) is 39.3 Å². The second kappa shape index (κ2) is 7.07.